The van der Waals surface area contributed by atoms with Crippen molar-refractivity contribution in [2.45, 2.75) is 53.1 Å². The minimum atomic E-state index is -0.357. The first-order chi connectivity index (χ1) is 5.22. The van der Waals surface area contributed by atoms with E-state index in [-0.39, 0.29) is 5.60 Å². The molecule has 0 aliphatic heterocycles. The summed E-state index contributed by atoms with van der Waals surface area (Å²) in [6.45, 7) is 11.1. The van der Waals surface area contributed by atoms with E-state index in [9.17, 15) is 5.11 Å². The van der Waals surface area contributed by atoms with E-state index in [4.69, 9.17) is 0 Å². The average molecular weight is 170 g/mol. The molecule has 1 aliphatic carbocycles. The molecule has 1 aliphatic rings. The Morgan fingerprint density at radius 1 is 1.33 bits per heavy atom. The predicted molar refractivity (Wildman–Crippen MR) is 52.0 cm³/mol. The van der Waals surface area contributed by atoms with Gasteiger partial charge in [-0.05, 0) is 37.0 Å². The van der Waals surface area contributed by atoms with Gasteiger partial charge < -0.3 is 5.11 Å². The van der Waals surface area contributed by atoms with Gasteiger partial charge >= 0.3 is 0 Å². The zero-order valence-corrected chi connectivity index (χ0v) is 9.02. The molecule has 0 heterocycles. The summed E-state index contributed by atoms with van der Waals surface area (Å²) in [5, 5.41) is 9.60. The summed E-state index contributed by atoms with van der Waals surface area (Å²) < 4.78 is 0. The highest BCUT2D eigenvalue weighted by Crippen LogP contribution is 2.47. The van der Waals surface area contributed by atoms with Crippen molar-refractivity contribution in [3.8, 4) is 0 Å². The lowest BCUT2D eigenvalue weighted by molar-refractivity contribution is -0.0889. The second-order valence-electron chi connectivity index (χ2n) is 5.82. The fourth-order valence-corrected chi connectivity index (χ4v) is 2.13. The summed E-state index contributed by atoms with van der Waals surface area (Å²) in [5.41, 5.74) is 0.0331. The van der Waals surface area contributed by atoms with Crippen LogP contribution in [0.2, 0.25) is 0 Å². The smallest absolute Gasteiger partial charge is 0.0625 e. The molecule has 1 saturated carbocycles. The fraction of sp³-hybridized carbons (Fsp3) is 1.00. The molecule has 1 nitrogen and oxygen atoms in total. The highest BCUT2D eigenvalue weighted by molar-refractivity contribution is 4.94. The van der Waals surface area contributed by atoms with Gasteiger partial charge in [-0.1, -0.05) is 27.7 Å². The Balaban J connectivity index is 2.43. The number of rotatable bonds is 1. The minimum Gasteiger partial charge on any atom is -0.390 e. The van der Waals surface area contributed by atoms with Crippen molar-refractivity contribution in [3.63, 3.8) is 0 Å². The van der Waals surface area contributed by atoms with E-state index in [1.165, 1.54) is 0 Å². The maximum Gasteiger partial charge on any atom is 0.0625 e. The van der Waals surface area contributed by atoms with E-state index in [0.29, 0.717) is 5.41 Å². The Morgan fingerprint density at radius 3 is 2.00 bits per heavy atom. The van der Waals surface area contributed by atoms with Crippen LogP contribution in [0.4, 0.5) is 0 Å². The second-order valence-corrected chi connectivity index (χ2v) is 5.82. The first-order valence-corrected chi connectivity index (χ1v) is 4.95. The van der Waals surface area contributed by atoms with Crippen LogP contribution in [0.1, 0.15) is 47.5 Å². The van der Waals surface area contributed by atoms with Gasteiger partial charge in [0.2, 0.25) is 0 Å². The van der Waals surface area contributed by atoms with Crippen molar-refractivity contribution < 1.29 is 5.11 Å². The third kappa shape index (κ3) is 2.01. The predicted octanol–water partition coefficient (Wildman–Crippen LogP) is 2.83. The van der Waals surface area contributed by atoms with E-state index in [1.54, 1.807) is 0 Å². The molecular formula is C11H22O. The van der Waals surface area contributed by atoms with Crippen LogP contribution in [0.5, 0.6) is 0 Å². The molecule has 0 aromatic rings. The molecule has 12 heavy (non-hydrogen) atoms. The molecule has 0 aromatic heterocycles. The van der Waals surface area contributed by atoms with Crippen LogP contribution < -0.4 is 0 Å². The van der Waals surface area contributed by atoms with Crippen molar-refractivity contribution in [2.24, 2.45) is 17.3 Å². The maximum atomic E-state index is 9.60. The van der Waals surface area contributed by atoms with Crippen molar-refractivity contribution in [3.05, 3.63) is 0 Å². The molecule has 0 radical (unpaired) electrons. The molecule has 1 fully saturated rings. The van der Waals surface area contributed by atoms with E-state index in [0.717, 1.165) is 24.7 Å². The zero-order valence-electron chi connectivity index (χ0n) is 9.02. The van der Waals surface area contributed by atoms with Crippen LogP contribution in [0.25, 0.3) is 0 Å². The minimum absolute atomic E-state index is 0.357. The standard InChI is InChI=1S/C11H22O/c1-8(10(2,3)4)9-6-11(5,12)7-9/h8-9,12H,6-7H2,1-5H3/t8-,9?,11?/m0/s1. The van der Waals surface area contributed by atoms with Crippen molar-refractivity contribution in [2.75, 3.05) is 0 Å². The van der Waals surface area contributed by atoms with Crippen LogP contribution in [-0.4, -0.2) is 10.7 Å². The third-order valence-electron chi connectivity index (χ3n) is 3.48. The van der Waals surface area contributed by atoms with Crippen LogP contribution in [-0.2, 0) is 0 Å². The van der Waals surface area contributed by atoms with Crippen LogP contribution in [0.3, 0.4) is 0 Å². The highest BCUT2D eigenvalue weighted by atomic mass is 16.3. The topological polar surface area (TPSA) is 20.2 Å². The van der Waals surface area contributed by atoms with Crippen molar-refractivity contribution in [1.82, 2.24) is 0 Å². The van der Waals surface area contributed by atoms with E-state index >= 15 is 0 Å². The molecule has 0 spiro atoms. The van der Waals surface area contributed by atoms with Gasteiger partial charge in [0, 0.05) is 0 Å². The number of aliphatic hydroxyl groups is 1. The molecule has 1 heteroatoms. The monoisotopic (exact) mass is 170 g/mol. The third-order valence-corrected chi connectivity index (χ3v) is 3.48. The second kappa shape index (κ2) is 2.73. The van der Waals surface area contributed by atoms with Crippen LogP contribution in [0.15, 0.2) is 0 Å². The van der Waals surface area contributed by atoms with Gasteiger partial charge in [-0.15, -0.1) is 0 Å². The Kier molecular flexibility index (Phi) is 2.28. The summed E-state index contributed by atoms with van der Waals surface area (Å²) in [6.07, 6.45) is 1.98. The first kappa shape index (κ1) is 10.0. The average Bonchev–Trinajstić information content (AvgIpc) is 1.78. The lowest BCUT2D eigenvalue weighted by atomic mass is 9.61. The maximum absolute atomic E-state index is 9.60. The summed E-state index contributed by atoms with van der Waals surface area (Å²) in [7, 11) is 0. The van der Waals surface area contributed by atoms with Crippen molar-refractivity contribution in [1.29, 1.82) is 0 Å². The highest BCUT2D eigenvalue weighted by Gasteiger charge is 2.43. The van der Waals surface area contributed by atoms with Gasteiger partial charge in [-0.2, -0.15) is 0 Å². The SMILES string of the molecule is C[C@@H](C1CC(C)(O)C1)C(C)(C)C. The Morgan fingerprint density at radius 2 is 1.75 bits per heavy atom. The van der Waals surface area contributed by atoms with Crippen LogP contribution in [0, 0.1) is 17.3 Å². The van der Waals surface area contributed by atoms with E-state index in [1.807, 2.05) is 6.92 Å². The van der Waals surface area contributed by atoms with Crippen LogP contribution >= 0.6 is 0 Å². The molecule has 0 saturated heterocycles. The molecule has 0 aromatic carbocycles. The number of hydrogen-bond acceptors (Lipinski definition) is 1. The summed E-state index contributed by atoms with van der Waals surface area (Å²) in [5.74, 6) is 1.46. The lowest BCUT2D eigenvalue weighted by Gasteiger charge is -2.48. The van der Waals surface area contributed by atoms with Gasteiger partial charge in [0.05, 0.1) is 5.60 Å². The summed E-state index contributed by atoms with van der Waals surface area (Å²) >= 11 is 0. The lowest BCUT2D eigenvalue weighted by Crippen LogP contribution is -2.46. The molecule has 1 atom stereocenters. The summed E-state index contributed by atoms with van der Waals surface area (Å²) in [4.78, 5) is 0. The molecule has 0 bridgehead atoms. The molecule has 1 rings (SSSR count). The molecule has 0 amide bonds. The Labute approximate surface area is 76.2 Å². The molecular weight excluding hydrogens is 148 g/mol. The molecule has 1 N–H and O–H groups in total. The van der Waals surface area contributed by atoms with Gasteiger partial charge in [0.25, 0.3) is 0 Å². The van der Waals surface area contributed by atoms with Gasteiger partial charge in [-0.3, -0.25) is 0 Å². The van der Waals surface area contributed by atoms with Gasteiger partial charge in [0.15, 0.2) is 0 Å². The quantitative estimate of drug-likeness (QED) is 0.641. The van der Waals surface area contributed by atoms with Gasteiger partial charge in [0.1, 0.15) is 0 Å². The van der Waals surface area contributed by atoms with E-state index in [2.05, 4.69) is 27.7 Å². The van der Waals surface area contributed by atoms with E-state index < -0.39 is 0 Å². The summed E-state index contributed by atoms with van der Waals surface area (Å²) in [6, 6.07) is 0. The van der Waals surface area contributed by atoms with Crippen molar-refractivity contribution >= 4 is 0 Å². The van der Waals surface area contributed by atoms with Gasteiger partial charge in [-0.25, -0.2) is 0 Å². The number of hydrogen-bond donors (Lipinski definition) is 1. The molecule has 72 valence electrons. The normalized spacial score (nSPS) is 39.0. The Hall–Kier alpha value is -0.0400. The Bertz CT molecular complexity index is 156. The zero-order chi connectivity index (χ0) is 9.57. The first-order valence-electron chi connectivity index (χ1n) is 4.95. The molecule has 0 unspecified atom stereocenters. The largest absolute Gasteiger partial charge is 0.390 e. The fourth-order valence-electron chi connectivity index (χ4n) is 2.13.